The maximum Gasteiger partial charge on any atom is 0.274 e. The summed E-state index contributed by atoms with van der Waals surface area (Å²) in [6.45, 7) is 1.15. The summed E-state index contributed by atoms with van der Waals surface area (Å²) >= 11 is 0. The Balaban J connectivity index is 1.59. The number of hydrogen-bond donors (Lipinski definition) is 0. The highest BCUT2D eigenvalue weighted by molar-refractivity contribution is 5.93. The summed E-state index contributed by atoms with van der Waals surface area (Å²) in [6, 6.07) is 9.37. The summed E-state index contributed by atoms with van der Waals surface area (Å²) in [7, 11) is 5.04. The number of nitrogens with zero attached hydrogens (tertiary/aromatic N) is 3. The normalized spacial score (nSPS) is 13.4. The van der Waals surface area contributed by atoms with Crippen LogP contribution in [0, 0.1) is 0 Å². The average Bonchev–Trinajstić information content (AvgIpc) is 3.35. The molecule has 0 radical (unpaired) electrons. The molecule has 0 spiro atoms. The number of amides is 1. The number of hydrogen-bond acceptors (Lipinski definition) is 5. The minimum atomic E-state index is -0.0937. The predicted octanol–water partition coefficient (Wildman–Crippen LogP) is 2.90. The van der Waals surface area contributed by atoms with E-state index in [9.17, 15) is 4.79 Å². The largest absolute Gasteiger partial charge is 0.493 e. The summed E-state index contributed by atoms with van der Waals surface area (Å²) in [5.74, 6) is 1.97. The molecule has 1 amide bonds. The standard InChI is InChI=1S/C20H21N3O4/c1-22-16(17-5-4-8-27-17)11-15(21-22)20(24)23-7-6-13-9-18(25-2)19(26-3)10-14(13)12-23/h4-5,8-11H,6-7,12H2,1-3H3. The Kier molecular flexibility index (Phi) is 4.35. The quantitative estimate of drug-likeness (QED) is 0.709. The van der Waals surface area contributed by atoms with Gasteiger partial charge in [0.25, 0.3) is 5.91 Å². The second kappa shape index (κ2) is 6.83. The van der Waals surface area contributed by atoms with Crippen LogP contribution in [0.5, 0.6) is 11.5 Å². The van der Waals surface area contributed by atoms with Crippen molar-refractivity contribution in [3.8, 4) is 23.0 Å². The van der Waals surface area contributed by atoms with E-state index < -0.39 is 0 Å². The van der Waals surface area contributed by atoms with Gasteiger partial charge in [0.2, 0.25) is 0 Å². The molecule has 7 heteroatoms. The highest BCUT2D eigenvalue weighted by Crippen LogP contribution is 2.33. The Morgan fingerprint density at radius 1 is 1.15 bits per heavy atom. The van der Waals surface area contributed by atoms with E-state index in [0.29, 0.717) is 36.0 Å². The SMILES string of the molecule is COc1cc2c(cc1OC)CN(C(=O)c1cc(-c3ccco3)n(C)n1)CC2. The molecule has 0 atom stereocenters. The van der Waals surface area contributed by atoms with Crippen LogP contribution in [-0.4, -0.2) is 41.4 Å². The molecule has 0 saturated heterocycles. The molecule has 0 N–H and O–H groups in total. The van der Waals surface area contributed by atoms with Crippen LogP contribution in [0.25, 0.3) is 11.5 Å². The molecule has 1 aliphatic rings. The second-order valence-electron chi connectivity index (χ2n) is 6.47. The van der Waals surface area contributed by atoms with E-state index >= 15 is 0 Å². The molecule has 0 saturated carbocycles. The third-order valence-corrected chi connectivity index (χ3v) is 4.88. The number of carbonyl (C=O) groups excluding carboxylic acids is 1. The molecule has 1 aromatic carbocycles. The smallest absolute Gasteiger partial charge is 0.274 e. The van der Waals surface area contributed by atoms with Gasteiger partial charge in [-0.05, 0) is 41.8 Å². The fourth-order valence-corrected chi connectivity index (χ4v) is 3.45. The third-order valence-electron chi connectivity index (χ3n) is 4.88. The fourth-order valence-electron chi connectivity index (χ4n) is 3.45. The molecule has 7 nitrogen and oxygen atoms in total. The monoisotopic (exact) mass is 367 g/mol. The van der Waals surface area contributed by atoms with Gasteiger partial charge in [0.05, 0.1) is 20.5 Å². The number of aryl methyl sites for hydroxylation is 1. The fraction of sp³-hybridized carbons (Fsp3) is 0.300. The zero-order chi connectivity index (χ0) is 19.0. The van der Waals surface area contributed by atoms with E-state index in [2.05, 4.69) is 5.10 Å². The van der Waals surface area contributed by atoms with Crippen LogP contribution in [-0.2, 0) is 20.0 Å². The number of rotatable bonds is 4. The van der Waals surface area contributed by atoms with Crippen LogP contribution >= 0.6 is 0 Å². The van der Waals surface area contributed by atoms with E-state index in [4.69, 9.17) is 13.9 Å². The molecule has 0 unspecified atom stereocenters. The van der Waals surface area contributed by atoms with E-state index in [1.165, 1.54) is 5.56 Å². The predicted molar refractivity (Wildman–Crippen MR) is 98.9 cm³/mol. The number of carbonyl (C=O) groups is 1. The van der Waals surface area contributed by atoms with Gasteiger partial charge in [-0.1, -0.05) is 0 Å². The third kappa shape index (κ3) is 3.05. The van der Waals surface area contributed by atoms with Gasteiger partial charge in [0.1, 0.15) is 5.69 Å². The van der Waals surface area contributed by atoms with Gasteiger partial charge in [-0.3, -0.25) is 9.48 Å². The number of ether oxygens (including phenoxy) is 2. The van der Waals surface area contributed by atoms with Gasteiger partial charge in [-0.15, -0.1) is 0 Å². The van der Waals surface area contributed by atoms with Crippen molar-refractivity contribution in [1.82, 2.24) is 14.7 Å². The number of benzene rings is 1. The van der Waals surface area contributed by atoms with Crippen LogP contribution in [0.2, 0.25) is 0 Å². The second-order valence-corrected chi connectivity index (χ2v) is 6.47. The van der Waals surface area contributed by atoms with Gasteiger partial charge in [0.15, 0.2) is 23.0 Å². The molecule has 0 fully saturated rings. The summed E-state index contributed by atoms with van der Waals surface area (Å²) in [4.78, 5) is 14.8. The molecular weight excluding hydrogens is 346 g/mol. The molecular formula is C20H21N3O4. The number of furan rings is 1. The van der Waals surface area contributed by atoms with Gasteiger partial charge in [-0.2, -0.15) is 5.10 Å². The van der Waals surface area contributed by atoms with Crippen LogP contribution in [0.4, 0.5) is 0 Å². The molecule has 140 valence electrons. The minimum Gasteiger partial charge on any atom is -0.493 e. The van der Waals surface area contributed by atoms with Crippen molar-refractivity contribution >= 4 is 5.91 Å². The number of aromatic nitrogens is 2. The number of methoxy groups -OCH3 is 2. The van der Waals surface area contributed by atoms with Crippen LogP contribution < -0.4 is 9.47 Å². The highest BCUT2D eigenvalue weighted by Gasteiger charge is 2.26. The first kappa shape index (κ1) is 17.2. The molecule has 0 bridgehead atoms. The average molecular weight is 367 g/mol. The molecule has 2 aromatic heterocycles. The summed E-state index contributed by atoms with van der Waals surface area (Å²) in [5.41, 5.74) is 3.42. The van der Waals surface area contributed by atoms with Crippen molar-refractivity contribution in [2.24, 2.45) is 7.05 Å². The lowest BCUT2D eigenvalue weighted by atomic mass is 9.98. The lowest BCUT2D eigenvalue weighted by molar-refractivity contribution is 0.0727. The van der Waals surface area contributed by atoms with Crippen molar-refractivity contribution in [2.45, 2.75) is 13.0 Å². The topological polar surface area (TPSA) is 69.7 Å². The van der Waals surface area contributed by atoms with Crippen LogP contribution in [0.3, 0.4) is 0 Å². The highest BCUT2D eigenvalue weighted by atomic mass is 16.5. The van der Waals surface area contributed by atoms with Crippen molar-refractivity contribution < 1.29 is 18.7 Å². The van der Waals surface area contributed by atoms with Crippen LogP contribution in [0.15, 0.2) is 41.0 Å². The molecule has 0 aliphatic carbocycles. The van der Waals surface area contributed by atoms with Crippen molar-refractivity contribution in [1.29, 1.82) is 0 Å². The van der Waals surface area contributed by atoms with E-state index in [1.807, 2.05) is 29.2 Å². The molecule has 3 heterocycles. The Morgan fingerprint density at radius 2 is 1.89 bits per heavy atom. The van der Waals surface area contributed by atoms with Crippen LogP contribution in [0.1, 0.15) is 21.6 Å². The summed E-state index contributed by atoms with van der Waals surface area (Å²) in [6.07, 6.45) is 2.37. The Labute approximate surface area is 157 Å². The zero-order valence-corrected chi connectivity index (χ0v) is 15.6. The number of fused-ring (bicyclic) bond motifs is 1. The molecule has 4 rings (SSSR count). The first-order valence-electron chi connectivity index (χ1n) is 8.71. The van der Waals surface area contributed by atoms with Crippen molar-refractivity contribution in [2.75, 3.05) is 20.8 Å². The maximum absolute atomic E-state index is 13.0. The van der Waals surface area contributed by atoms with Crippen molar-refractivity contribution in [3.63, 3.8) is 0 Å². The van der Waals surface area contributed by atoms with E-state index in [0.717, 1.165) is 17.7 Å². The van der Waals surface area contributed by atoms with Gasteiger partial charge in [-0.25, -0.2) is 0 Å². The maximum atomic E-state index is 13.0. The first-order chi connectivity index (χ1) is 13.1. The molecule has 3 aromatic rings. The minimum absolute atomic E-state index is 0.0937. The van der Waals surface area contributed by atoms with E-state index in [1.54, 1.807) is 38.3 Å². The van der Waals surface area contributed by atoms with Gasteiger partial charge >= 0.3 is 0 Å². The zero-order valence-electron chi connectivity index (χ0n) is 15.6. The summed E-state index contributed by atoms with van der Waals surface area (Å²) < 4.78 is 17.8. The van der Waals surface area contributed by atoms with Crippen molar-refractivity contribution in [3.05, 3.63) is 53.4 Å². The molecule has 1 aliphatic heterocycles. The van der Waals surface area contributed by atoms with Gasteiger partial charge in [0, 0.05) is 26.2 Å². The Hall–Kier alpha value is -3.22. The van der Waals surface area contributed by atoms with E-state index in [-0.39, 0.29) is 5.91 Å². The summed E-state index contributed by atoms with van der Waals surface area (Å²) in [5, 5.41) is 4.38. The lowest BCUT2D eigenvalue weighted by Crippen LogP contribution is -2.36. The lowest BCUT2D eigenvalue weighted by Gasteiger charge is -2.29. The Morgan fingerprint density at radius 3 is 2.56 bits per heavy atom. The first-order valence-corrected chi connectivity index (χ1v) is 8.71. The van der Waals surface area contributed by atoms with Gasteiger partial charge < -0.3 is 18.8 Å². The molecule has 27 heavy (non-hydrogen) atoms. The Bertz CT molecular complexity index is 976.